The number of rotatable bonds is 4. The number of hydrogen-bond acceptors (Lipinski definition) is 6. The molecule has 0 aliphatic heterocycles. The van der Waals surface area contributed by atoms with E-state index in [0.29, 0.717) is 18.4 Å². The first-order chi connectivity index (χ1) is 9.31. The molecule has 8 heteroatoms. The van der Waals surface area contributed by atoms with Crippen LogP contribution < -0.4 is 5.32 Å². The van der Waals surface area contributed by atoms with Gasteiger partial charge in [0.05, 0.1) is 6.54 Å². The van der Waals surface area contributed by atoms with Gasteiger partial charge in [0.25, 0.3) is 5.95 Å². The summed E-state index contributed by atoms with van der Waals surface area (Å²) >= 11 is 7.55. The number of thiophene rings is 1. The van der Waals surface area contributed by atoms with Crippen molar-refractivity contribution in [2.24, 2.45) is 0 Å². The number of anilines is 1. The van der Waals surface area contributed by atoms with Crippen LogP contribution in [0.2, 0.25) is 5.28 Å². The van der Waals surface area contributed by atoms with Crippen LogP contribution in [0.5, 0.6) is 0 Å². The Balaban J connectivity index is 1.82. The van der Waals surface area contributed by atoms with Gasteiger partial charge in [-0.2, -0.15) is 20.1 Å². The monoisotopic (exact) mass is 292 g/mol. The SMILES string of the molecule is Clc1nc(NCc2cccs2)nc(-n2cccn2)n1. The van der Waals surface area contributed by atoms with Gasteiger partial charge in [-0.1, -0.05) is 6.07 Å². The Hall–Kier alpha value is -1.99. The van der Waals surface area contributed by atoms with Crippen LogP contribution >= 0.6 is 22.9 Å². The predicted octanol–water partition coefficient (Wildman–Crippen LogP) is 2.38. The first kappa shape index (κ1) is 12.1. The van der Waals surface area contributed by atoms with Crippen molar-refractivity contribution in [3.63, 3.8) is 0 Å². The molecule has 0 saturated carbocycles. The lowest BCUT2D eigenvalue weighted by Crippen LogP contribution is -2.08. The molecule has 6 nitrogen and oxygen atoms in total. The minimum atomic E-state index is 0.133. The molecule has 0 unspecified atom stereocenters. The van der Waals surface area contributed by atoms with Crippen LogP contribution in [0.25, 0.3) is 5.95 Å². The van der Waals surface area contributed by atoms with E-state index in [1.807, 2.05) is 17.5 Å². The fraction of sp³-hybridized carbons (Fsp3) is 0.0909. The third-order valence-corrected chi connectivity index (χ3v) is 3.35. The number of aromatic nitrogens is 5. The summed E-state index contributed by atoms with van der Waals surface area (Å²) in [7, 11) is 0. The second-order valence-corrected chi connectivity index (χ2v) is 4.98. The fourth-order valence-corrected chi connectivity index (χ4v) is 2.29. The molecule has 3 rings (SSSR count). The average molecular weight is 293 g/mol. The topological polar surface area (TPSA) is 68.5 Å². The van der Waals surface area contributed by atoms with Gasteiger partial charge in [-0.3, -0.25) is 0 Å². The maximum Gasteiger partial charge on any atom is 0.256 e. The van der Waals surface area contributed by atoms with Gasteiger partial charge >= 0.3 is 0 Å². The lowest BCUT2D eigenvalue weighted by molar-refractivity contribution is 0.795. The highest BCUT2D eigenvalue weighted by Crippen LogP contribution is 2.12. The number of nitrogens with zero attached hydrogens (tertiary/aromatic N) is 5. The zero-order valence-electron chi connectivity index (χ0n) is 9.69. The second-order valence-electron chi connectivity index (χ2n) is 3.61. The van der Waals surface area contributed by atoms with Crippen molar-refractivity contribution in [1.29, 1.82) is 0 Å². The Morgan fingerprint density at radius 2 is 2.21 bits per heavy atom. The normalized spacial score (nSPS) is 10.6. The van der Waals surface area contributed by atoms with E-state index < -0.39 is 0 Å². The van der Waals surface area contributed by atoms with Crippen LogP contribution in [0.1, 0.15) is 4.88 Å². The molecule has 0 fully saturated rings. The fourth-order valence-electron chi connectivity index (χ4n) is 1.49. The molecule has 0 radical (unpaired) electrons. The number of halogens is 1. The molecular weight excluding hydrogens is 284 g/mol. The van der Waals surface area contributed by atoms with Gasteiger partial charge < -0.3 is 5.32 Å². The maximum atomic E-state index is 5.89. The summed E-state index contributed by atoms with van der Waals surface area (Å²) in [4.78, 5) is 13.5. The van der Waals surface area contributed by atoms with E-state index in [0.717, 1.165) is 0 Å². The van der Waals surface area contributed by atoms with Gasteiger partial charge in [-0.05, 0) is 29.1 Å². The van der Waals surface area contributed by atoms with Crippen molar-refractivity contribution >= 4 is 28.9 Å². The minimum absolute atomic E-state index is 0.133. The molecule has 96 valence electrons. The Labute approximate surface area is 118 Å². The van der Waals surface area contributed by atoms with Crippen molar-refractivity contribution in [1.82, 2.24) is 24.7 Å². The molecule has 0 spiro atoms. The third kappa shape index (κ3) is 2.88. The van der Waals surface area contributed by atoms with Crippen molar-refractivity contribution in [3.05, 3.63) is 46.1 Å². The van der Waals surface area contributed by atoms with Gasteiger partial charge in [0, 0.05) is 17.3 Å². The molecule has 0 aliphatic carbocycles. The van der Waals surface area contributed by atoms with Crippen molar-refractivity contribution in [3.8, 4) is 5.95 Å². The van der Waals surface area contributed by atoms with Crippen LogP contribution in [-0.2, 0) is 6.54 Å². The Bertz CT molecular complexity index is 652. The summed E-state index contributed by atoms with van der Waals surface area (Å²) in [5.74, 6) is 0.817. The molecule has 0 atom stereocenters. The summed E-state index contributed by atoms with van der Waals surface area (Å²) in [6.07, 6.45) is 3.39. The molecule has 3 aromatic heterocycles. The van der Waals surface area contributed by atoms with Gasteiger partial charge in [-0.25, -0.2) is 4.68 Å². The van der Waals surface area contributed by atoms with Crippen molar-refractivity contribution in [2.75, 3.05) is 5.32 Å². The van der Waals surface area contributed by atoms with E-state index in [-0.39, 0.29) is 5.28 Å². The summed E-state index contributed by atoms with van der Waals surface area (Å²) < 4.78 is 1.53. The van der Waals surface area contributed by atoms with Gasteiger partial charge in [-0.15, -0.1) is 11.3 Å². The van der Waals surface area contributed by atoms with Gasteiger partial charge in [0.15, 0.2) is 0 Å². The highest BCUT2D eigenvalue weighted by Gasteiger charge is 2.07. The molecule has 0 saturated heterocycles. The summed E-state index contributed by atoms with van der Waals surface area (Å²) in [6.45, 7) is 0.649. The van der Waals surface area contributed by atoms with Crippen LogP contribution in [0.15, 0.2) is 36.0 Å². The number of nitrogens with one attached hydrogen (secondary N) is 1. The lowest BCUT2D eigenvalue weighted by atomic mass is 10.5. The molecule has 1 N–H and O–H groups in total. The quantitative estimate of drug-likeness (QED) is 0.799. The minimum Gasteiger partial charge on any atom is -0.349 e. The summed E-state index contributed by atoms with van der Waals surface area (Å²) in [5, 5.41) is 9.33. The summed E-state index contributed by atoms with van der Waals surface area (Å²) in [6, 6.07) is 5.82. The third-order valence-electron chi connectivity index (χ3n) is 2.31. The number of hydrogen-bond donors (Lipinski definition) is 1. The zero-order valence-corrected chi connectivity index (χ0v) is 11.3. The van der Waals surface area contributed by atoms with Gasteiger partial charge in [0.2, 0.25) is 11.2 Å². The van der Waals surface area contributed by atoms with Crippen molar-refractivity contribution in [2.45, 2.75) is 6.54 Å². The molecule has 0 bridgehead atoms. The largest absolute Gasteiger partial charge is 0.349 e. The van der Waals surface area contributed by atoms with Crippen LogP contribution in [-0.4, -0.2) is 24.7 Å². The molecule has 0 amide bonds. The Morgan fingerprint density at radius 3 is 2.95 bits per heavy atom. The summed E-state index contributed by atoms with van der Waals surface area (Å²) in [5.41, 5.74) is 0. The molecular formula is C11H9ClN6S. The van der Waals surface area contributed by atoms with Gasteiger partial charge in [0.1, 0.15) is 0 Å². The van der Waals surface area contributed by atoms with Crippen LogP contribution in [0.4, 0.5) is 5.95 Å². The first-order valence-electron chi connectivity index (χ1n) is 5.49. The Morgan fingerprint density at radius 1 is 1.26 bits per heavy atom. The van der Waals surface area contributed by atoms with E-state index >= 15 is 0 Å². The van der Waals surface area contributed by atoms with E-state index in [1.54, 1.807) is 29.8 Å². The molecule has 19 heavy (non-hydrogen) atoms. The molecule has 3 aromatic rings. The van der Waals surface area contributed by atoms with E-state index in [4.69, 9.17) is 11.6 Å². The zero-order chi connectivity index (χ0) is 13.1. The van der Waals surface area contributed by atoms with Crippen LogP contribution in [0.3, 0.4) is 0 Å². The highest BCUT2D eigenvalue weighted by molar-refractivity contribution is 7.09. The van der Waals surface area contributed by atoms with E-state index in [2.05, 4.69) is 25.4 Å². The smallest absolute Gasteiger partial charge is 0.256 e. The maximum absolute atomic E-state index is 5.89. The molecule has 3 heterocycles. The highest BCUT2D eigenvalue weighted by atomic mass is 35.5. The van der Waals surface area contributed by atoms with E-state index in [1.165, 1.54) is 9.56 Å². The second kappa shape index (κ2) is 5.33. The van der Waals surface area contributed by atoms with E-state index in [9.17, 15) is 0 Å². The van der Waals surface area contributed by atoms with Crippen LogP contribution in [0, 0.1) is 0 Å². The predicted molar refractivity (Wildman–Crippen MR) is 73.6 cm³/mol. The first-order valence-corrected chi connectivity index (χ1v) is 6.75. The lowest BCUT2D eigenvalue weighted by Gasteiger charge is -2.05. The Kier molecular flexibility index (Phi) is 3.39. The average Bonchev–Trinajstić information content (AvgIpc) is 3.09. The standard InChI is InChI=1S/C11H9ClN6S/c12-9-15-10(13-7-8-3-1-6-19-8)17-11(16-9)18-5-2-4-14-18/h1-6H,7H2,(H,13,15,16,17). The van der Waals surface area contributed by atoms with Crippen molar-refractivity contribution < 1.29 is 0 Å². The molecule has 0 aliphatic rings. The molecule has 0 aromatic carbocycles.